The molecule has 0 saturated carbocycles. The highest BCUT2D eigenvalue weighted by Crippen LogP contribution is 2.29. The summed E-state index contributed by atoms with van der Waals surface area (Å²) in [5, 5.41) is 5.95. The summed E-state index contributed by atoms with van der Waals surface area (Å²) in [6, 6.07) is 15.3. The molecular weight excluding hydrogens is 355 g/mol. The number of hydrogen-bond acceptors (Lipinski definition) is 4. The highest BCUT2D eigenvalue weighted by atomic mass is 19.1. The second kappa shape index (κ2) is 7.76. The zero-order valence-corrected chi connectivity index (χ0v) is 16.4. The normalized spacial score (nSPS) is 11.2. The minimum absolute atomic E-state index is 0.116. The van der Waals surface area contributed by atoms with Gasteiger partial charge in [0.05, 0.1) is 0 Å². The molecule has 0 saturated heterocycles. The van der Waals surface area contributed by atoms with Crippen molar-refractivity contribution in [3.05, 3.63) is 77.5 Å². The van der Waals surface area contributed by atoms with Crippen LogP contribution in [0.15, 0.2) is 54.6 Å². The molecule has 0 aliphatic heterocycles. The van der Waals surface area contributed by atoms with Crippen LogP contribution >= 0.6 is 0 Å². The fourth-order valence-corrected chi connectivity index (χ4v) is 2.89. The predicted molar refractivity (Wildman–Crippen MR) is 110 cm³/mol. The minimum atomic E-state index is -0.354. The number of anilines is 3. The van der Waals surface area contributed by atoms with Crippen molar-refractivity contribution in [3.8, 4) is 0 Å². The molecule has 2 N–H and O–H groups in total. The van der Waals surface area contributed by atoms with E-state index in [9.17, 15) is 9.18 Å². The molecule has 0 aliphatic rings. The molecule has 0 unspecified atom stereocenters. The summed E-state index contributed by atoms with van der Waals surface area (Å²) >= 11 is 0. The monoisotopic (exact) mass is 378 g/mol. The van der Waals surface area contributed by atoms with Gasteiger partial charge in [-0.2, -0.15) is 0 Å². The molecule has 0 aliphatic carbocycles. The van der Waals surface area contributed by atoms with E-state index in [1.54, 1.807) is 25.1 Å². The van der Waals surface area contributed by atoms with Gasteiger partial charge in [-0.15, -0.1) is 0 Å². The fraction of sp³-hybridized carbons (Fsp3) is 0.227. The van der Waals surface area contributed by atoms with E-state index >= 15 is 0 Å². The lowest BCUT2D eigenvalue weighted by Crippen LogP contribution is -2.20. The largest absolute Gasteiger partial charge is 0.340 e. The van der Waals surface area contributed by atoms with E-state index in [-0.39, 0.29) is 22.8 Å². The van der Waals surface area contributed by atoms with Crippen molar-refractivity contribution in [2.75, 3.05) is 10.6 Å². The van der Waals surface area contributed by atoms with E-state index in [2.05, 4.69) is 41.4 Å². The molecule has 1 heterocycles. The zero-order chi connectivity index (χ0) is 20.3. The molecule has 0 bridgehead atoms. The molecule has 6 heteroatoms. The Kier molecular flexibility index (Phi) is 5.40. The van der Waals surface area contributed by atoms with Gasteiger partial charge in [-0.25, -0.2) is 14.4 Å². The van der Waals surface area contributed by atoms with Crippen molar-refractivity contribution < 1.29 is 9.18 Å². The number of para-hydroxylation sites is 1. The van der Waals surface area contributed by atoms with Crippen LogP contribution in [0.5, 0.6) is 0 Å². The van der Waals surface area contributed by atoms with E-state index in [0.717, 1.165) is 11.3 Å². The van der Waals surface area contributed by atoms with Crippen molar-refractivity contribution in [1.29, 1.82) is 0 Å². The predicted octanol–water partition coefficient (Wildman–Crippen LogP) is 5.22. The van der Waals surface area contributed by atoms with Crippen LogP contribution in [0.2, 0.25) is 0 Å². The molecule has 3 aromatic rings. The summed E-state index contributed by atoms with van der Waals surface area (Å²) in [4.78, 5) is 21.3. The Labute approximate surface area is 164 Å². The Hall–Kier alpha value is -3.28. The Morgan fingerprint density at radius 3 is 2.46 bits per heavy atom. The summed E-state index contributed by atoms with van der Waals surface area (Å²) in [6.07, 6.45) is 0. The van der Waals surface area contributed by atoms with Gasteiger partial charge >= 0.3 is 0 Å². The molecule has 0 spiro atoms. The summed E-state index contributed by atoms with van der Waals surface area (Å²) in [5.41, 5.74) is 2.44. The molecule has 2 aromatic carbocycles. The van der Waals surface area contributed by atoms with E-state index in [1.807, 2.05) is 24.3 Å². The molecule has 1 aromatic heterocycles. The number of aromatic nitrogens is 2. The van der Waals surface area contributed by atoms with Gasteiger partial charge in [-0.3, -0.25) is 4.79 Å². The maximum atomic E-state index is 13.4. The quantitative estimate of drug-likeness (QED) is 0.653. The number of benzene rings is 2. The molecule has 1 amide bonds. The first-order valence-electron chi connectivity index (χ1n) is 9.01. The second-order valence-corrected chi connectivity index (χ2v) is 7.57. The maximum Gasteiger partial charge on any atom is 0.274 e. The molecule has 5 nitrogen and oxygen atoms in total. The molecule has 0 atom stereocenters. The Bertz CT molecular complexity index is 1010. The SMILES string of the molecule is Cc1nc(Nc2cccc(F)c2)cc(C(=O)Nc2ccccc2C(C)(C)C)n1. The van der Waals surface area contributed by atoms with Gasteiger partial charge in [0.1, 0.15) is 23.2 Å². The topological polar surface area (TPSA) is 66.9 Å². The lowest BCUT2D eigenvalue weighted by molar-refractivity contribution is 0.102. The number of rotatable bonds is 4. The summed E-state index contributed by atoms with van der Waals surface area (Å²) < 4.78 is 13.4. The number of halogens is 1. The van der Waals surface area contributed by atoms with Gasteiger partial charge in [0.25, 0.3) is 5.91 Å². The van der Waals surface area contributed by atoms with Crippen molar-refractivity contribution in [2.24, 2.45) is 0 Å². The third kappa shape index (κ3) is 4.71. The first kappa shape index (κ1) is 19.5. The van der Waals surface area contributed by atoms with E-state index in [4.69, 9.17) is 0 Å². The summed E-state index contributed by atoms with van der Waals surface area (Å²) in [6.45, 7) is 7.98. The number of amides is 1. The van der Waals surface area contributed by atoms with Gasteiger partial charge in [0, 0.05) is 17.4 Å². The molecule has 0 fully saturated rings. The van der Waals surface area contributed by atoms with E-state index < -0.39 is 0 Å². The maximum absolute atomic E-state index is 13.4. The third-order valence-electron chi connectivity index (χ3n) is 4.15. The Morgan fingerprint density at radius 2 is 1.75 bits per heavy atom. The van der Waals surface area contributed by atoms with Crippen LogP contribution in [0.4, 0.5) is 21.6 Å². The highest BCUT2D eigenvalue weighted by molar-refractivity contribution is 6.03. The van der Waals surface area contributed by atoms with Crippen LogP contribution in [0.3, 0.4) is 0 Å². The molecule has 3 rings (SSSR count). The van der Waals surface area contributed by atoms with E-state index in [0.29, 0.717) is 17.3 Å². The first-order chi connectivity index (χ1) is 13.2. The van der Waals surface area contributed by atoms with Crippen molar-refractivity contribution in [2.45, 2.75) is 33.1 Å². The third-order valence-corrected chi connectivity index (χ3v) is 4.15. The van der Waals surface area contributed by atoms with Gasteiger partial charge in [0.2, 0.25) is 0 Å². The molecule has 28 heavy (non-hydrogen) atoms. The smallest absolute Gasteiger partial charge is 0.274 e. The standard InChI is InChI=1S/C22H23FN4O/c1-14-24-19(13-20(25-14)26-16-9-7-8-15(23)12-16)21(28)27-18-11-6-5-10-17(18)22(2,3)4/h5-13H,1-4H3,(H,27,28)(H,24,25,26). The van der Waals surface area contributed by atoms with Crippen molar-refractivity contribution in [1.82, 2.24) is 9.97 Å². The van der Waals surface area contributed by atoms with Gasteiger partial charge in [0.15, 0.2) is 0 Å². The highest BCUT2D eigenvalue weighted by Gasteiger charge is 2.19. The van der Waals surface area contributed by atoms with Crippen LogP contribution < -0.4 is 10.6 Å². The molecular formula is C22H23FN4O. The Morgan fingerprint density at radius 1 is 1.00 bits per heavy atom. The van der Waals surface area contributed by atoms with Crippen LogP contribution in [-0.4, -0.2) is 15.9 Å². The number of hydrogen-bond donors (Lipinski definition) is 2. The lowest BCUT2D eigenvalue weighted by atomic mass is 9.86. The van der Waals surface area contributed by atoms with Gasteiger partial charge in [-0.05, 0) is 42.2 Å². The first-order valence-corrected chi connectivity index (χ1v) is 9.01. The van der Waals surface area contributed by atoms with Crippen molar-refractivity contribution in [3.63, 3.8) is 0 Å². The molecule has 0 radical (unpaired) electrons. The fourth-order valence-electron chi connectivity index (χ4n) is 2.89. The van der Waals surface area contributed by atoms with Gasteiger partial charge in [-0.1, -0.05) is 45.0 Å². The van der Waals surface area contributed by atoms with Gasteiger partial charge < -0.3 is 10.6 Å². The average molecular weight is 378 g/mol. The van der Waals surface area contributed by atoms with Crippen molar-refractivity contribution >= 4 is 23.1 Å². The van der Waals surface area contributed by atoms with Crippen LogP contribution in [0, 0.1) is 12.7 Å². The number of carbonyl (C=O) groups is 1. The number of aryl methyl sites for hydroxylation is 1. The minimum Gasteiger partial charge on any atom is -0.340 e. The Balaban J connectivity index is 1.86. The summed E-state index contributed by atoms with van der Waals surface area (Å²) in [7, 11) is 0. The van der Waals surface area contributed by atoms with Crippen LogP contribution in [-0.2, 0) is 5.41 Å². The number of carbonyl (C=O) groups excluding carboxylic acids is 1. The van der Waals surface area contributed by atoms with Crippen LogP contribution in [0.1, 0.15) is 42.6 Å². The van der Waals surface area contributed by atoms with E-state index in [1.165, 1.54) is 12.1 Å². The summed E-state index contributed by atoms with van der Waals surface area (Å²) in [5.74, 6) is 0.181. The second-order valence-electron chi connectivity index (χ2n) is 7.57. The molecule has 144 valence electrons. The lowest BCUT2D eigenvalue weighted by Gasteiger charge is -2.23. The average Bonchev–Trinajstić information content (AvgIpc) is 2.61. The van der Waals surface area contributed by atoms with Crippen LogP contribution in [0.25, 0.3) is 0 Å². The number of nitrogens with zero attached hydrogens (tertiary/aromatic N) is 2. The zero-order valence-electron chi connectivity index (χ0n) is 16.4. The number of nitrogens with one attached hydrogen (secondary N) is 2.